The fraction of sp³-hybridized carbons (Fsp3) is 0.300. The van der Waals surface area contributed by atoms with E-state index in [2.05, 4.69) is 5.32 Å². The topological polar surface area (TPSA) is 49.4 Å². The van der Waals surface area contributed by atoms with E-state index in [0.29, 0.717) is 24.5 Å². The Morgan fingerprint density at radius 3 is 2.68 bits per heavy atom. The molecular weight excluding hydrogens is 406 g/mol. The molecule has 8 heteroatoms. The lowest BCUT2D eigenvalue weighted by atomic mass is 10.0. The second-order valence-electron chi connectivity index (χ2n) is 6.35. The van der Waals surface area contributed by atoms with Crippen molar-refractivity contribution in [1.29, 1.82) is 0 Å². The number of hydrogen-bond donors (Lipinski definition) is 1. The van der Waals surface area contributed by atoms with Crippen molar-refractivity contribution in [3.05, 3.63) is 65.2 Å². The second kappa shape index (κ2) is 10.0. The fourth-order valence-corrected chi connectivity index (χ4v) is 3.92. The molecule has 0 saturated carbocycles. The van der Waals surface area contributed by atoms with E-state index in [0.717, 1.165) is 5.56 Å². The van der Waals surface area contributed by atoms with E-state index in [4.69, 9.17) is 0 Å². The van der Waals surface area contributed by atoms with Crippen LogP contribution in [-0.2, 0) is 4.79 Å². The van der Waals surface area contributed by atoms with Crippen LogP contribution >= 0.6 is 24.2 Å². The van der Waals surface area contributed by atoms with Crippen molar-refractivity contribution in [1.82, 2.24) is 10.2 Å². The van der Waals surface area contributed by atoms with Crippen LogP contribution in [0.15, 0.2) is 47.4 Å². The van der Waals surface area contributed by atoms with Gasteiger partial charge >= 0.3 is 0 Å². The van der Waals surface area contributed by atoms with Crippen LogP contribution < -0.4 is 5.32 Å². The average Bonchev–Trinajstić information content (AvgIpc) is 2.66. The first kappa shape index (κ1) is 22.3. The minimum atomic E-state index is -0.584. The Bertz CT molecular complexity index is 866. The number of Topliss-reactive ketones (excluding diaryl/α,β-unsaturated/α-hetero) is 1. The van der Waals surface area contributed by atoms with Crippen molar-refractivity contribution in [3.8, 4) is 0 Å². The number of carbonyl (C=O) groups is 2. The van der Waals surface area contributed by atoms with Gasteiger partial charge in [-0.05, 0) is 42.8 Å². The van der Waals surface area contributed by atoms with Gasteiger partial charge in [0.05, 0.1) is 17.4 Å². The molecule has 2 aromatic carbocycles. The summed E-state index contributed by atoms with van der Waals surface area (Å²) >= 11 is 1.22. The summed E-state index contributed by atoms with van der Waals surface area (Å²) in [6.45, 7) is 3.07. The first-order valence-corrected chi connectivity index (χ1v) is 9.63. The van der Waals surface area contributed by atoms with Gasteiger partial charge in [0.2, 0.25) is 5.91 Å². The summed E-state index contributed by atoms with van der Waals surface area (Å²) < 4.78 is 27.5. The van der Waals surface area contributed by atoms with Gasteiger partial charge in [-0.1, -0.05) is 12.1 Å². The van der Waals surface area contributed by atoms with Gasteiger partial charge in [-0.2, -0.15) is 0 Å². The molecule has 1 fully saturated rings. The van der Waals surface area contributed by atoms with Gasteiger partial charge in [-0.15, -0.1) is 24.2 Å². The summed E-state index contributed by atoms with van der Waals surface area (Å²) in [7, 11) is 0. The lowest BCUT2D eigenvalue weighted by Crippen LogP contribution is -2.49. The van der Waals surface area contributed by atoms with Gasteiger partial charge in [0.15, 0.2) is 5.78 Å². The van der Waals surface area contributed by atoms with Crippen LogP contribution in [0.3, 0.4) is 0 Å². The number of thioether (sulfide) groups is 1. The number of halogens is 3. The molecule has 1 N–H and O–H groups in total. The van der Waals surface area contributed by atoms with Crippen molar-refractivity contribution < 1.29 is 18.4 Å². The number of ketones is 1. The van der Waals surface area contributed by atoms with Gasteiger partial charge in [-0.3, -0.25) is 9.59 Å². The van der Waals surface area contributed by atoms with Crippen molar-refractivity contribution in [2.45, 2.75) is 17.9 Å². The molecule has 0 bridgehead atoms. The molecule has 0 radical (unpaired) electrons. The van der Waals surface area contributed by atoms with E-state index in [1.165, 1.54) is 43.0 Å². The molecule has 0 spiro atoms. The zero-order valence-electron chi connectivity index (χ0n) is 15.3. The number of carbonyl (C=O) groups excluding carboxylic acids is 2. The van der Waals surface area contributed by atoms with E-state index in [-0.39, 0.29) is 47.3 Å². The molecule has 0 aliphatic carbocycles. The van der Waals surface area contributed by atoms with Gasteiger partial charge in [0, 0.05) is 24.5 Å². The highest BCUT2D eigenvalue weighted by molar-refractivity contribution is 8.00. The predicted molar refractivity (Wildman–Crippen MR) is 108 cm³/mol. The largest absolute Gasteiger partial charge is 0.332 e. The lowest BCUT2D eigenvalue weighted by molar-refractivity contribution is -0.131. The second-order valence-corrected chi connectivity index (χ2v) is 7.40. The third kappa shape index (κ3) is 5.31. The third-order valence-electron chi connectivity index (χ3n) is 4.48. The van der Waals surface area contributed by atoms with Crippen molar-refractivity contribution >= 4 is 35.9 Å². The van der Waals surface area contributed by atoms with E-state index in [9.17, 15) is 18.4 Å². The number of benzene rings is 2. The van der Waals surface area contributed by atoms with Crippen LogP contribution in [0.4, 0.5) is 8.78 Å². The summed E-state index contributed by atoms with van der Waals surface area (Å²) in [6, 6.07) is 10.4. The summed E-state index contributed by atoms with van der Waals surface area (Å²) in [5.74, 6) is -1.20. The van der Waals surface area contributed by atoms with E-state index in [1.807, 2.05) is 6.07 Å². The number of piperazine rings is 1. The van der Waals surface area contributed by atoms with Crippen molar-refractivity contribution in [3.63, 3.8) is 0 Å². The molecule has 1 saturated heterocycles. The quantitative estimate of drug-likeness (QED) is 0.582. The maximum atomic E-state index is 13.9. The highest BCUT2D eigenvalue weighted by atomic mass is 35.5. The number of amides is 1. The number of nitrogens with one attached hydrogen (secondary N) is 1. The Balaban J connectivity index is 0.00000280. The molecule has 4 nitrogen and oxygen atoms in total. The molecule has 1 aliphatic rings. The molecule has 28 heavy (non-hydrogen) atoms. The molecule has 0 aromatic heterocycles. The molecule has 150 valence electrons. The summed E-state index contributed by atoms with van der Waals surface area (Å²) in [4.78, 5) is 26.4. The van der Waals surface area contributed by atoms with Crippen LogP contribution in [0, 0.1) is 11.6 Å². The SMILES string of the molecule is CC(=O)c1ccc(SCC(=O)N2CCNCC2c2cccc(F)c2)cc1F.Cl. The van der Waals surface area contributed by atoms with Crippen LogP contribution in [0.1, 0.15) is 28.9 Å². The van der Waals surface area contributed by atoms with Crippen molar-refractivity contribution in [2.24, 2.45) is 0 Å². The van der Waals surface area contributed by atoms with Gasteiger partial charge < -0.3 is 10.2 Å². The zero-order chi connectivity index (χ0) is 19.4. The number of rotatable bonds is 5. The van der Waals surface area contributed by atoms with Gasteiger partial charge in [-0.25, -0.2) is 8.78 Å². The van der Waals surface area contributed by atoms with Crippen LogP contribution in [0.2, 0.25) is 0 Å². The monoisotopic (exact) mass is 426 g/mol. The maximum Gasteiger partial charge on any atom is 0.233 e. The molecule has 1 unspecified atom stereocenters. The number of nitrogens with zero attached hydrogens (tertiary/aromatic N) is 1. The van der Waals surface area contributed by atoms with E-state index in [1.54, 1.807) is 17.0 Å². The third-order valence-corrected chi connectivity index (χ3v) is 5.46. The Morgan fingerprint density at radius 2 is 2.00 bits per heavy atom. The summed E-state index contributed by atoms with van der Waals surface area (Å²) in [5, 5.41) is 3.23. The summed E-state index contributed by atoms with van der Waals surface area (Å²) in [6.07, 6.45) is 0. The molecule has 1 atom stereocenters. The van der Waals surface area contributed by atoms with Crippen LogP contribution in [-0.4, -0.2) is 42.0 Å². The smallest absolute Gasteiger partial charge is 0.233 e. The van der Waals surface area contributed by atoms with Gasteiger partial charge in [0.1, 0.15) is 11.6 Å². The standard InChI is InChI=1S/C20H20F2N2O2S.ClH/c1-13(25)17-6-5-16(10-18(17)22)27-12-20(26)24-8-7-23-11-19(24)14-3-2-4-15(21)9-14;/h2-6,9-10,19,23H,7-8,11-12H2,1H3;1H. The van der Waals surface area contributed by atoms with E-state index >= 15 is 0 Å². The Hall–Kier alpha value is -1.96. The van der Waals surface area contributed by atoms with Crippen LogP contribution in [0.25, 0.3) is 0 Å². The van der Waals surface area contributed by atoms with E-state index < -0.39 is 5.82 Å². The highest BCUT2D eigenvalue weighted by Crippen LogP contribution is 2.26. The molecule has 1 heterocycles. The van der Waals surface area contributed by atoms with Gasteiger partial charge in [0.25, 0.3) is 0 Å². The Kier molecular flexibility index (Phi) is 7.98. The fourth-order valence-electron chi connectivity index (χ4n) is 3.11. The molecule has 1 amide bonds. The maximum absolute atomic E-state index is 13.9. The number of hydrogen-bond acceptors (Lipinski definition) is 4. The average molecular weight is 427 g/mol. The zero-order valence-corrected chi connectivity index (χ0v) is 16.9. The lowest BCUT2D eigenvalue weighted by Gasteiger charge is -2.36. The predicted octanol–water partition coefficient (Wildman–Crippen LogP) is 3.85. The molecule has 3 rings (SSSR count). The first-order valence-electron chi connectivity index (χ1n) is 8.64. The minimum absolute atomic E-state index is 0. The first-order chi connectivity index (χ1) is 13.0. The van der Waals surface area contributed by atoms with Crippen molar-refractivity contribution in [2.75, 3.05) is 25.4 Å². The summed E-state index contributed by atoms with van der Waals surface area (Å²) in [5.41, 5.74) is 0.788. The Morgan fingerprint density at radius 1 is 1.21 bits per heavy atom. The minimum Gasteiger partial charge on any atom is -0.332 e. The highest BCUT2D eigenvalue weighted by Gasteiger charge is 2.28. The molecule has 2 aromatic rings. The molecule has 1 aliphatic heterocycles. The molecular formula is C20H21ClF2N2O2S. The normalized spacial score (nSPS) is 16.4. The van der Waals surface area contributed by atoms with Crippen LogP contribution in [0.5, 0.6) is 0 Å². The Labute approximate surface area is 173 Å².